The second-order valence-corrected chi connectivity index (χ2v) is 3.00. The van der Waals surface area contributed by atoms with Gasteiger partial charge in [0.1, 0.15) is 6.10 Å². The predicted molar refractivity (Wildman–Crippen MR) is 45.7 cm³/mol. The van der Waals surface area contributed by atoms with Crippen LogP contribution in [0.4, 0.5) is 0 Å². The topological polar surface area (TPSA) is 32.8 Å². The lowest BCUT2D eigenvalue weighted by atomic mass is 10.0. The summed E-state index contributed by atoms with van der Waals surface area (Å²) in [4.78, 5) is 0. The Labute approximate surface area is 71.8 Å². The molecule has 1 N–H and O–H groups in total. The van der Waals surface area contributed by atoms with E-state index in [-0.39, 0.29) is 6.10 Å². The van der Waals surface area contributed by atoms with Crippen molar-refractivity contribution in [3.8, 4) is 0 Å². The van der Waals surface area contributed by atoms with Crippen LogP contribution < -0.4 is 0 Å². The molecular weight excluding hydrogens is 152 g/mol. The maximum atomic E-state index is 9.08. The van der Waals surface area contributed by atoms with E-state index in [0.717, 1.165) is 12.0 Å². The summed E-state index contributed by atoms with van der Waals surface area (Å²) in [5.41, 5.74) is 2.39. The Bertz CT molecular complexity index is 283. The normalized spacial score (nSPS) is 27.2. The van der Waals surface area contributed by atoms with E-state index in [1.165, 1.54) is 5.56 Å². The fourth-order valence-corrected chi connectivity index (χ4v) is 1.47. The van der Waals surface area contributed by atoms with Gasteiger partial charge in [0.25, 0.3) is 0 Å². The van der Waals surface area contributed by atoms with Crippen molar-refractivity contribution >= 4 is 0 Å². The molecule has 2 nitrogen and oxygen atoms in total. The molecule has 2 rings (SSSR count). The van der Waals surface area contributed by atoms with Crippen molar-refractivity contribution in [3.63, 3.8) is 0 Å². The van der Waals surface area contributed by atoms with E-state index in [1.807, 2.05) is 18.2 Å². The minimum absolute atomic E-state index is 0.0684. The van der Waals surface area contributed by atoms with E-state index < -0.39 is 6.29 Å². The zero-order chi connectivity index (χ0) is 8.55. The molecule has 1 saturated heterocycles. The summed E-state index contributed by atoms with van der Waals surface area (Å²) in [7, 11) is 0. The van der Waals surface area contributed by atoms with Crippen LogP contribution in [0, 0.1) is 0 Å². The molecule has 2 unspecified atom stereocenters. The van der Waals surface area contributed by atoms with Gasteiger partial charge >= 0.3 is 0 Å². The molecule has 64 valence electrons. The summed E-state index contributed by atoms with van der Waals surface area (Å²) in [6.45, 7) is 2.10. The van der Waals surface area contributed by atoms with Crippen molar-refractivity contribution in [1.29, 1.82) is 0 Å². The Balaban J connectivity index is 2.29. The summed E-state index contributed by atoms with van der Waals surface area (Å²) >= 11 is 0. The standard InChI is InChI=1S/C10H12O2/c1-2-7-5-3-4-6-8(7)9-10(11)12-9/h3-6,9-11H,2H2,1H3. The van der Waals surface area contributed by atoms with E-state index in [1.54, 1.807) is 0 Å². The Morgan fingerprint density at radius 1 is 1.42 bits per heavy atom. The fourth-order valence-electron chi connectivity index (χ4n) is 1.47. The van der Waals surface area contributed by atoms with Gasteiger partial charge in [-0.05, 0) is 17.5 Å². The number of hydrogen-bond donors (Lipinski definition) is 1. The van der Waals surface area contributed by atoms with Crippen LogP contribution in [0.15, 0.2) is 24.3 Å². The Hall–Kier alpha value is -0.860. The third kappa shape index (κ3) is 1.24. The zero-order valence-corrected chi connectivity index (χ0v) is 7.03. The number of aryl methyl sites for hydroxylation is 1. The predicted octanol–water partition coefficient (Wildman–Crippen LogP) is 1.64. The molecule has 0 radical (unpaired) electrons. The second-order valence-electron chi connectivity index (χ2n) is 3.00. The lowest BCUT2D eigenvalue weighted by molar-refractivity contribution is 0.156. The van der Waals surface area contributed by atoms with Crippen LogP contribution in [0.25, 0.3) is 0 Å². The average molecular weight is 164 g/mol. The molecule has 1 aliphatic rings. The number of aliphatic hydroxyl groups excluding tert-OH is 1. The number of epoxide rings is 1. The highest BCUT2D eigenvalue weighted by molar-refractivity contribution is 5.31. The minimum Gasteiger partial charge on any atom is -0.366 e. The monoisotopic (exact) mass is 164 g/mol. The third-order valence-electron chi connectivity index (χ3n) is 2.21. The summed E-state index contributed by atoms with van der Waals surface area (Å²) in [6.07, 6.45) is 0.349. The Morgan fingerprint density at radius 2 is 2.08 bits per heavy atom. The molecule has 0 aromatic heterocycles. The quantitative estimate of drug-likeness (QED) is 0.674. The van der Waals surface area contributed by atoms with E-state index in [0.29, 0.717) is 0 Å². The Kier molecular flexibility index (Phi) is 1.87. The molecule has 0 bridgehead atoms. The molecule has 0 spiro atoms. The molecule has 2 atom stereocenters. The van der Waals surface area contributed by atoms with Crippen molar-refractivity contribution < 1.29 is 9.84 Å². The van der Waals surface area contributed by atoms with Crippen LogP contribution >= 0.6 is 0 Å². The molecular formula is C10H12O2. The molecule has 0 aliphatic carbocycles. The van der Waals surface area contributed by atoms with Crippen LogP contribution in [-0.4, -0.2) is 11.4 Å². The van der Waals surface area contributed by atoms with Gasteiger partial charge < -0.3 is 9.84 Å². The first kappa shape index (κ1) is 7.77. The van der Waals surface area contributed by atoms with Gasteiger partial charge in [0.05, 0.1) is 0 Å². The third-order valence-corrected chi connectivity index (χ3v) is 2.21. The highest BCUT2D eigenvalue weighted by Crippen LogP contribution is 2.38. The molecule has 0 amide bonds. The van der Waals surface area contributed by atoms with Crippen molar-refractivity contribution in [2.45, 2.75) is 25.7 Å². The van der Waals surface area contributed by atoms with Crippen molar-refractivity contribution in [1.82, 2.24) is 0 Å². The molecule has 1 aromatic rings. The second kappa shape index (κ2) is 2.88. The van der Waals surface area contributed by atoms with Crippen LogP contribution in [0.3, 0.4) is 0 Å². The summed E-state index contributed by atoms with van der Waals surface area (Å²) in [5.74, 6) is 0. The van der Waals surface area contributed by atoms with Crippen molar-refractivity contribution in [3.05, 3.63) is 35.4 Å². The summed E-state index contributed by atoms with van der Waals surface area (Å²) < 4.78 is 5.00. The lowest BCUT2D eigenvalue weighted by Gasteiger charge is -2.02. The van der Waals surface area contributed by atoms with E-state index in [2.05, 4.69) is 13.0 Å². The Morgan fingerprint density at radius 3 is 2.67 bits per heavy atom. The van der Waals surface area contributed by atoms with Crippen LogP contribution in [0.2, 0.25) is 0 Å². The average Bonchev–Trinajstić information content (AvgIpc) is 2.83. The van der Waals surface area contributed by atoms with Crippen LogP contribution in [0.5, 0.6) is 0 Å². The number of hydrogen-bond acceptors (Lipinski definition) is 2. The van der Waals surface area contributed by atoms with E-state index >= 15 is 0 Å². The van der Waals surface area contributed by atoms with E-state index in [4.69, 9.17) is 9.84 Å². The van der Waals surface area contributed by atoms with Crippen molar-refractivity contribution in [2.75, 3.05) is 0 Å². The molecule has 1 aromatic carbocycles. The van der Waals surface area contributed by atoms with Gasteiger partial charge in [-0.15, -0.1) is 0 Å². The molecule has 2 heteroatoms. The minimum atomic E-state index is -0.572. The van der Waals surface area contributed by atoms with Crippen LogP contribution in [-0.2, 0) is 11.2 Å². The van der Waals surface area contributed by atoms with Gasteiger partial charge in [0.15, 0.2) is 6.29 Å². The summed E-state index contributed by atoms with van der Waals surface area (Å²) in [5, 5.41) is 9.08. The van der Waals surface area contributed by atoms with Gasteiger partial charge in [0.2, 0.25) is 0 Å². The molecule has 1 heterocycles. The number of aliphatic hydroxyl groups is 1. The van der Waals surface area contributed by atoms with Gasteiger partial charge in [-0.2, -0.15) is 0 Å². The summed E-state index contributed by atoms with van der Waals surface area (Å²) in [6, 6.07) is 8.07. The highest BCUT2D eigenvalue weighted by Gasteiger charge is 2.39. The molecule has 0 saturated carbocycles. The highest BCUT2D eigenvalue weighted by atomic mass is 16.7. The van der Waals surface area contributed by atoms with Gasteiger partial charge in [0, 0.05) is 0 Å². The molecule has 1 fully saturated rings. The van der Waals surface area contributed by atoms with Gasteiger partial charge in [-0.1, -0.05) is 31.2 Å². The maximum absolute atomic E-state index is 9.08. The van der Waals surface area contributed by atoms with Gasteiger partial charge in [-0.25, -0.2) is 0 Å². The number of benzene rings is 1. The SMILES string of the molecule is CCc1ccccc1C1OC1O. The first-order chi connectivity index (χ1) is 5.83. The van der Waals surface area contributed by atoms with Gasteiger partial charge in [-0.3, -0.25) is 0 Å². The molecule has 1 aliphatic heterocycles. The number of ether oxygens (including phenoxy) is 1. The lowest BCUT2D eigenvalue weighted by Crippen LogP contribution is -1.92. The zero-order valence-electron chi connectivity index (χ0n) is 7.03. The molecule has 12 heavy (non-hydrogen) atoms. The largest absolute Gasteiger partial charge is 0.366 e. The smallest absolute Gasteiger partial charge is 0.186 e. The maximum Gasteiger partial charge on any atom is 0.186 e. The van der Waals surface area contributed by atoms with Crippen LogP contribution in [0.1, 0.15) is 24.2 Å². The first-order valence-electron chi connectivity index (χ1n) is 4.24. The number of rotatable bonds is 2. The first-order valence-corrected chi connectivity index (χ1v) is 4.24. The van der Waals surface area contributed by atoms with E-state index in [9.17, 15) is 0 Å². The van der Waals surface area contributed by atoms with Crippen molar-refractivity contribution in [2.24, 2.45) is 0 Å². The fraction of sp³-hybridized carbons (Fsp3) is 0.400.